The van der Waals surface area contributed by atoms with Gasteiger partial charge in [-0.1, -0.05) is 19.5 Å². The Hall–Kier alpha value is -0.200. The molecule has 0 aliphatic rings. The number of hydrogen-bond donors (Lipinski definition) is 0. The van der Waals surface area contributed by atoms with Gasteiger partial charge in [0.15, 0.2) is 0 Å². The molecule has 0 aliphatic carbocycles. The van der Waals surface area contributed by atoms with Gasteiger partial charge in [0.2, 0.25) is 0 Å². The van der Waals surface area contributed by atoms with E-state index in [1.807, 2.05) is 33.6 Å². The molecule has 1 aromatic carbocycles. The molecule has 5 heteroatoms. The summed E-state index contributed by atoms with van der Waals surface area (Å²) in [7, 11) is 6.53. The van der Waals surface area contributed by atoms with Gasteiger partial charge in [0, 0.05) is 10.7 Å². The molecule has 2 unspecified atom stereocenters. The van der Waals surface area contributed by atoms with Crippen LogP contribution in [0.15, 0.2) is 29.6 Å². The van der Waals surface area contributed by atoms with Crippen LogP contribution >= 0.6 is 35.4 Å². The van der Waals surface area contributed by atoms with Gasteiger partial charge in [-0.2, -0.15) is 0 Å². The molecule has 1 heterocycles. The van der Waals surface area contributed by atoms with Gasteiger partial charge in [-0.05, 0) is 24.2 Å². The first kappa shape index (κ1) is 10.3. The summed E-state index contributed by atoms with van der Waals surface area (Å²) < 4.78 is 5.13. The fraction of sp³-hybridized carbons (Fsp3) is 0.111. The van der Waals surface area contributed by atoms with E-state index in [1.165, 1.54) is 10.9 Å². The lowest BCUT2D eigenvalue weighted by molar-refractivity contribution is 0.415. The van der Waals surface area contributed by atoms with Gasteiger partial charge in [-0.15, -0.1) is 21.5 Å². The van der Waals surface area contributed by atoms with Crippen LogP contribution in [0.5, 0.6) is 5.75 Å². The van der Waals surface area contributed by atoms with E-state index in [9.17, 15) is 0 Å². The summed E-state index contributed by atoms with van der Waals surface area (Å²) >= 11 is 0. The highest BCUT2D eigenvalue weighted by Gasteiger charge is 1.96. The third-order valence-electron chi connectivity index (χ3n) is 1.83. The molecule has 0 aliphatic heterocycles. The molecule has 0 spiro atoms. The minimum Gasteiger partial charge on any atom is -0.497 e. The highest BCUT2D eigenvalue weighted by Crippen LogP contribution is 2.38. The van der Waals surface area contributed by atoms with Crippen LogP contribution in [0.25, 0.3) is 10.9 Å². The average molecular weight is 260 g/mol. The van der Waals surface area contributed by atoms with Crippen molar-refractivity contribution in [2.45, 2.75) is 0 Å². The number of rotatable bonds is 2. The molecule has 2 rings (SSSR count). The summed E-state index contributed by atoms with van der Waals surface area (Å²) in [5.74, 6) is 0.927. The third kappa shape index (κ3) is 2.43. The molecule has 0 radical (unpaired) electrons. The maximum Gasteiger partial charge on any atom is 0.118 e. The molecule has 14 heavy (non-hydrogen) atoms. The van der Waals surface area contributed by atoms with Crippen LogP contribution < -0.4 is 4.74 Å². The lowest BCUT2D eigenvalue weighted by Crippen LogP contribution is -1.81. The van der Waals surface area contributed by atoms with E-state index >= 15 is 0 Å². The van der Waals surface area contributed by atoms with Crippen molar-refractivity contribution in [3.05, 3.63) is 29.6 Å². The summed E-state index contributed by atoms with van der Waals surface area (Å²) in [6.45, 7) is 0.975. The first-order valence-corrected chi connectivity index (χ1v) is 9.94. The van der Waals surface area contributed by atoms with Crippen LogP contribution in [-0.2, 0) is 0 Å². The molecule has 0 fully saturated rings. The smallest absolute Gasteiger partial charge is 0.118 e. The van der Waals surface area contributed by atoms with Crippen molar-refractivity contribution >= 4 is 35.4 Å². The van der Waals surface area contributed by atoms with Crippen LogP contribution in [0, 0.1) is 0 Å². The second-order valence-electron chi connectivity index (χ2n) is 2.67. The zero-order valence-corrected chi connectivity index (χ0v) is 11.2. The van der Waals surface area contributed by atoms with Crippen molar-refractivity contribution < 1.29 is 4.74 Å². The zero-order chi connectivity index (χ0) is 9.80. The second kappa shape index (κ2) is 5.04. The van der Waals surface area contributed by atoms with Crippen LogP contribution in [-0.4, -0.2) is 7.11 Å². The first-order chi connectivity index (χ1) is 6.90. The van der Waals surface area contributed by atoms with Gasteiger partial charge in [0.25, 0.3) is 0 Å². The van der Waals surface area contributed by atoms with Crippen molar-refractivity contribution in [1.29, 1.82) is 0 Å². The summed E-state index contributed by atoms with van der Waals surface area (Å²) in [6.07, 6.45) is 0. The van der Waals surface area contributed by atoms with E-state index in [4.69, 9.17) is 4.74 Å². The molecule has 74 valence electrons. The molecule has 0 N–H and O–H groups in total. The summed E-state index contributed by atoms with van der Waals surface area (Å²) in [5, 5.41) is 3.75. The van der Waals surface area contributed by atoms with Crippen molar-refractivity contribution in [1.82, 2.24) is 0 Å². The van der Waals surface area contributed by atoms with E-state index in [0.29, 0.717) is 0 Å². The fourth-order valence-corrected chi connectivity index (χ4v) is 9.15. The standard InChI is InChI=1S/C9H10OP2S2/c1-10-8-4-2-7(3-5-8)9-6-13-12-14-11-9/h2-6,11-12H,1H3. The minimum absolute atomic E-state index is 0.896. The lowest BCUT2D eigenvalue weighted by Gasteiger charge is -2.02. The molecule has 0 saturated carbocycles. The minimum atomic E-state index is 0.896. The Bertz CT molecular complexity index is 405. The number of methoxy groups -OCH3 is 1. The summed E-state index contributed by atoms with van der Waals surface area (Å²) in [4.78, 5) is 0. The molecule has 0 saturated heterocycles. The Morgan fingerprint density at radius 1 is 1.21 bits per heavy atom. The van der Waals surface area contributed by atoms with Crippen LogP contribution in [0.3, 0.4) is 0 Å². The van der Waals surface area contributed by atoms with Crippen molar-refractivity contribution in [2.75, 3.05) is 7.11 Å². The van der Waals surface area contributed by atoms with Gasteiger partial charge in [0.1, 0.15) is 5.75 Å². The first-order valence-electron chi connectivity index (χ1n) is 4.07. The Balaban J connectivity index is 2.34. The number of ether oxygens (including phenoxy) is 1. The fourth-order valence-electron chi connectivity index (χ4n) is 1.10. The maximum atomic E-state index is 5.13. The highest BCUT2D eigenvalue weighted by molar-refractivity contribution is 8.19. The van der Waals surface area contributed by atoms with E-state index in [1.54, 1.807) is 7.11 Å². The van der Waals surface area contributed by atoms with Crippen LogP contribution in [0.1, 0.15) is 0 Å². The average Bonchev–Trinajstić information content (AvgIpc) is 2.30. The van der Waals surface area contributed by atoms with Crippen LogP contribution in [0.2, 0.25) is 0 Å². The molecular weight excluding hydrogens is 250 g/mol. The van der Waals surface area contributed by atoms with E-state index in [0.717, 1.165) is 19.7 Å². The van der Waals surface area contributed by atoms with Crippen molar-refractivity contribution in [3.8, 4) is 16.6 Å². The van der Waals surface area contributed by atoms with Gasteiger partial charge in [0.05, 0.1) is 7.11 Å². The molecule has 1 nitrogen and oxygen atoms in total. The quantitative estimate of drug-likeness (QED) is 0.762. The molecule has 0 amide bonds. The zero-order valence-electron chi connectivity index (χ0n) is 7.61. The van der Waals surface area contributed by atoms with E-state index in [-0.39, 0.29) is 0 Å². The van der Waals surface area contributed by atoms with Crippen molar-refractivity contribution in [3.63, 3.8) is 0 Å². The molecule has 2 atom stereocenters. The van der Waals surface area contributed by atoms with Crippen LogP contribution in [0.4, 0.5) is 0 Å². The lowest BCUT2D eigenvalue weighted by atomic mass is 10.2. The Morgan fingerprint density at radius 3 is 2.57 bits per heavy atom. The predicted molar refractivity (Wildman–Crippen MR) is 70.8 cm³/mol. The van der Waals surface area contributed by atoms with Gasteiger partial charge in [-0.25, -0.2) is 0 Å². The Morgan fingerprint density at radius 2 is 2.00 bits per heavy atom. The van der Waals surface area contributed by atoms with E-state index in [2.05, 4.69) is 17.5 Å². The van der Waals surface area contributed by atoms with Gasteiger partial charge in [-0.3, -0.25) is 0 Å². The molecule has 2 aromatic rings. The largest absolute Gasteiger partial charge is 0.497 e. The highest BCUT2D eigenvalue weighted by atomic mass is 33.0. The summed E-state index contributed by atoms with van der Waals surface area (Å²) in [5.41, 5.74) is 1.33. The van der Waals surface area contributed by atoms with Crippen molar-refractivity contribution in [2.24, 2.45) is 0 Å². The number of hydrogen-bond acceptors (Lipinski definition) is 3. The Kier molecular flexibility index (Phi) is 3.72. The van der Waals surface area contributed by atoms with Gasteiger partial charge < -0.3 is 4.74 Å². The normalized spacial score (nSPS) is 10.9. The topological polar surface area (TPSA) is 9.23 Å². The maximum absolute atomic E-state index is 5.13. The molecule has 0 bridgehead atoms. The number of benzene rings is 1. The SMILES string of the molecule is COc1ccc(-c2cs[pH]s[pH]2)cc1. The molecular formula is C9H10OP2S2. The molecule has 1 aromatic heterocycles. The predicted octanol–water partition coefficient (Wildman–Crippen LogP) is 4.67. The summed E-state index contributed by atoms with van der Waals surface area (Å²) in [6, 6.07) is 8.31. The monoisotopic (exact) mass is 260 g/mol. The van der Waals surface area contributed by atoms with Gasteiger partial charge >= 0.3 is 0 Å². The third-order valence-corrected chi connectivity index (χ3v) is 9.97. The second-order valence-corrected chi connectivity index (χ2v) is 10.0. The van der Waals surface area contributed by atoms with E-state index < -0.39 is 0 Å². The Labute approximate surface area is 93.5 Å².